The summed E-state index contributed by atoms with van der Waals surface area (Å²) in [6, 6.07) is 12.5. The first-order valence-electron chi connectivity index (χ1n) is 4.30. The molecule has 0 saturated heterocycles. The van der Waals surface area contributed by atoms with Gasteiger partial charge in [0.2, 0.25) is 0 Å². The maximum absolute atomic E-state index is 4.60. The van der Waals surface area contributed by atoms with Gasteiger partial charge in [-0.2, -0.15) is 0 Å². The third-order valence-electron chi connectivity index (χ3n) is 2.04. The molecule has 0 amide bonds. The lowest BCUT2D eigenvalue weighted by atomic mass is 10.2. The van der Waals surface area contributed by atoms with Crippen molar-refractivity contribution in [2.75, 3.05) is 13.3 Å². The fourth-order valence-corrected chi connectivity index (χ4v) is 1.98. The van der Waals surface area contributed by atoms with Gasteiger partial charge in [0.15, 0.2) is 0 Å². The minimum Gasteiger partial charge on any atom is -0.248 e. The van der Waals surface area contributed by atoms with Crippen LogP contribution in [0.5, 0.6) is 0 Å². The SMILES string of the molecule is CP(C)c1ccc2ccccc2n1. The minimum absolute atomic E-state index is 0.0799. The van der Waals surface area contributed by atoms with Crippen molar-refractivity contribution in [1.82, 2.24) is 4.98 Å². The number of hydrogen-bond acceptors (Lipinski definition) is 1. The van der Waals surface area contributed by atoms with Crippen molar-refractivity contribution in [3.63, 3.8) is 0 Å². The molecule has 66 valence electrons. The van der Waals surface area contributed by atoms with Gasteiger partial charge >= 0.3 is 0 Å². The molecule has 13 heavy (non-hydrogen) atoms. The molecule has 0 fully saturated rings. The van der Waals surface area contributed by atoms with Crippen molar-refractivity contribution >= 4 is 24.3 Å². The summed E-state index contributed by atoms with van der Waals surface area (Å²) in [6.45, 7) is 4.46. The molecule has 0 aliphatic rings. The van der Waals surface area contributed by atoms with Crippen LogP contribution in [0.2, 0.25) is 0 Å². The summed E-state index contributed by atoms with van der Waals surface area (Å²) in [5, 5.41) is 1.23. The molecule has 0 atom stereocenters. The zero-order valence-corrected chi connectivity index (χ0v) is 8.75. The summed E-state index contributed by atoms with van der Waals surface area (Å²) in [4.78, 5) is 4.60. The summed E-state index contributed by atoms with van der Waals surface area (Å²) in [7, 11) is -0.0799. The molecule has 0 unspecified atom stereocenters. The second-order valence-electron chi connectivity index (χ2n) is 3.26. The smallest absolute Gasteiger partial charge is 0.0709 e. The maximum Gasteiger partial charge on any atom is 0.0709 e. The fourth-order valence-electron chi connectivity index (χ4n) is 1.30. The monoisotopic (exact) mass is 189 g/mol. The van der Waals surface area contributed by atoms with Crippen LogP contribution in [0.3, 0.4) is 0 Å². The number of hydrogen-bond donors (Lipinski definition) is 0. The van der Waals surface area contributed by atoms with Gasteiger partial charge in [-0.1, -0.05) is 32.2 Å². The van der Waals surface area contributed by atoms with E-state index in [-0.39, 0.29) is 7.92 Å². The number of rotatable bonds is 1. The van der Waals surface area contributed by atoms with Gasteiger partial charge in [-0.25, -0.2) is 4.98 Å². The van der Waals surface area contributed by atoms with Gasteiger partial charge in [0.25, 0.3) is 0 Å². The minimum atomic E-state index is -0.0799. The molecule has 0 bridgehead atoms. The molecular formula is C11H12NP. The van der Waals surface area contributed by atoms with E-state index in [1.165, 1.54) is 10.8 Å². The molecule has 1 nitrogen and oxygen atoms in total. The second kappa shape index (κ2) is 3.43. The summed E-state index contributed by atoms with van der Waals surface area (Å²) >= 11 is 0. The average Bonchev–Trinajstić information content (AvgIpc) is 2.17. The van der Waals surface area contributed by atoms with E-state index in [9.17, 15) is 0 Å². The molecule has 2 aromatic rings. The predicted molar refractivity (Wildman–Crippen MR) is 60.1 cm³/mol. The van der Waals surface area contributed by atoms with Crippen molar-refractivity contribution in [2.45, 2.75) is 0 Å². The highest BCUT2D eigenvalue weighted by molar-refractivity contribution is 7.63. The average molecular weight is 189 g/mol. The van der Waals surface area contributed by atoms with Gasteiger partial charge in [-0.3, -0.25) is 0 Å². The molecule has 2 heteroatoms. The Hall–Kier alpha value is -0.940. The Labute approximate surface area is 79.6 Å². The van der Waals surface area contributed by atoms with Crippen molar-refractivity contribution in [2.24, 2.45) is 0 Å². The lowest BCUT2D eigenvalue weighted by molar-refractivity contribution is 1.48. The molecule has 0 aliphatic heterocycles. The van der Waals surface area contributed by atoms with Crippen molar-refractivity contribution in [3.8, 4) is 0 Å². The topological polar surface area (TPSA) is 12.9 Å². The fraction of sp³-hybridized carbons (Fsp3) is 0.182. The Kier molecular flexibility index (Phi) is 2.28. The number of fused-ring (bicyclic) bond motifs is 1. The van der Waals surface area contributed by atoms with Crippen LogP contribution in [0.25, 0.3) is 10.9 Å². The Morgan fingerprint density at radius 1 is 1.00 bits per heavy atom. The van der Waals surface area contributed by atoms with E-state index >= 15 is 0 Å². The Bertz CT molecular complexity index is 423. The van der Waals surface area contributed by atoms with Crippen LogP contribution in [0, 0.1) is 0 Å². The highest BCUT2D eigenvalue weighted by Crippen LogP contribution is 2.23. The molecule has 0 aliphatic carbocycles. The summed E-state index contributed by atoms with van der Waals surface area (Å²) in [6.07, 6.45) is 0. The highest BCUT2D eigenvalue weighted by Gasteiger charge is 2.00. The number of nitrogens with zero attached hydrogens (tertiary/aromatic N) is 1. The number of benzene rings is 1. The van der Waals surface area contributed by atoms with Gasteiger partial charge in [0.05, 0.1) is 11.0 Å². The normalized spacial score (nSPS) is 11.0. The zero-order valence-electron chi connectivity index (χ0n) is 7.86. The molecule has 0 radical (unpaired) electrons. The summed E-state index contributed by atoms with van der Waals surface area (Å²) in [5.74, 6) is 0. The molecular weight excluding hydrogens is 177 g/mol. The van der Waals surface area contributed by atoms with E-state index in [2.05, 4.69) is 42.6 Å². The molecule has 1 heterocycles. The Morgan fingerprint density at radius 2 is 1.77 bits per heavy atom. The first-order chi connectivity index (χ1) is 6.27. The second-order valence-corrected chi connectivity index (χ2v) is 5.50. The first kappa shape index (κ1) is 8.65. The van der Waals surface area contributed by atoms with E-state index in [1.807, 2.05) is 12.1 Å². The van der Waals surface area contributed by atoms with E-state index < -0.39 is 0 Å². The van der Waals surface area contributed by atoms with Crippen LogP contribution >= 0.6 is 7.92 Å². The summed E-state index contributed by atoms with van der Waals surface area (Å²) in [5.41, 5.74) is 2.34. The lowest BCUT2D eigenvalue weighted by Gasteiger charge is -2.05. The standard InChI is InChI=1S/C11H12NP/c1-13(2)11-8-7-9-5-3-4-6-10(9)12-11/h3-8H,1-2H3. The number of aromatic nitrogens is 1. The van der Waals surface area contributed by atoms with Crippen LogP contribution in [-0.2, 0) is 0 Å². The van der Waals surface area contributed by atoms with E-state index in [4.69, 9.17) is 0 Å². The molecule has 1 aromatic carbocycles. The van der Waals surface area contributed by atoms with E-state index in [0.717, 1.165) is 5.52 Å². The van der Waals surface area contributed by atoms with Gasteiger partial charge < -0.3 is 0 Å². The Morgan fingerprint density at radius 3 is 2.54 bits per heavy atom. The Balaban J connectivity index is 2.62. The quantitative estimate of drug-likeness (QED) is 0.628. The predicted octanol–water partition coefficient (Wildman–Crippen LogP) is 2.60. The van der Waals surface area contributed by atoms with Gasteiger partial charge in [0.1, 0.15) is 0 Å². The van der Waals surface area contributed by atoms with Crippen molar-refractivity contribution in [3.05, 3.63) is 36.4 Å². The molecule has 0 saturated carbocycles. The van der Waals surface area contributed by atoms with Crippen LogP contribution in [0.4, 0.5) is 0 Å². The molecule has 2 rings (SSSR count). The van der Waals surface area contributed by atoms with Crippen LogP contribution < -0.4 is 5.44 Å². The molecule has 0 N–H and O–H groups in total. The van der Waals surface area contributed by atoms with Crippen LogP contribution in [-0.4, -0.2) is 18.3 Å². The lowest BCUT2D eigenvalue weighted by Crippen LogP contribution is -2.03. The van der Waals surface area contributed by atoms with Gasteiger partial charge in [-0.05, 0) is 25.5 Å². The maximum atomic E-state index is 4.60. The van der Waals surface area contributed by atoms with E-state index in [1.54, 1.807) is 0 Å². The third kappa shape index (κ3) is 1.71. The molecule has 0 spiro atoms. The van der Waals surface area contributed by atoms with Crippen LogP contribution in [0.15, 0.2) is 36.4 Å². The zero-order chi connectivity index (χ0) is 9.26. The van der Waals surface area contributed by atoms with Crippen molar-refractivity contribution < 1.29 is 0 Å². The largest absolute Gasteiger partial charge is 0.248 e. The van der Waals surface area contributed by atoms with Gasteiger partial charge in [0, 0.05) is 5.39 Å². The number of pyridine rings is 1. The first-order valence-corrected chi connectivity index (χ1v) is 6.54. The van der Waals surface area contributed by atoms with Gasteiger partial charge in [-0.15, -0.1) is 0 Å². The van der Waals surface area contributed by atoms with Crippen molar-refractivity contribution in [1.29, 1.82) is 0 Å². The third-order valence-corrected chi connectivity index (χ3v) is 3.21. The summed E-state index contributed by atoms with van der Waals surface area (Å²) < 4.78 is 0. The molecule has 1 aromatic heterocycles. The number of para-hydroxylation sites is 1. The van der Waals surface area contributed by atoms with Crippen LogP contribution in [0.1, 0.15) is 0 Å². The van der Waals surface area contributed by atoms with E-state index in [0.29, 0.717) is 0 Å². The highest BCUT2D eigenvalue weighted by atomic mass is 31.1.